The molecule has 0 saturated heterocycles. The third-order valence-electron chi connectivity index (χ3n) is 6.00. The van der Waals surface area contributed by atoms with E-state index < -0.39 is 5.41 Å². The molecule has 1 aromatic rings. The van der Waals surface area contributed by atoms with Gasteiger partial charge in [-0.25, -0.2) is 0 Å². The first-order valence-corrected chi connectivity index (χ1v) is 8.87. The smallest absolute Gasteiger partial charge is 0.210 e. The number of benzene rings is 1. The summed E-state index contributed by atoms with van der Waals surface area (Å²) in [6, 6.07) is 10.2. The molecule has 0 radical (unpaired) electrons. The molecule has 2 nitrogen and oxygen atoms in total. The van der Waals surface area contributed by atoms with E-state index in [1.165, 1.54) is 5.56 Å². The van der Waals surface area contributed by atoms with E-state index in [2.05, 4.69) is 59.8 Å². The number of hydrogen-bond donors (Lipinski definition) is 0. The molecule has 24 heavy (non-hydrogen) atoms. The first kappa shape index (κ1) is 17.1. The second-order valence-corrected chi connectivity index (χ2v) is 9.41. The van der Waals surface area contributed by atoms with Gasteiger partial charge in [0.15, 0.2) is 0 Å². The van der Waals surface area contributed by atoms with E-state index in [9.17, 15) is 9.59 Å². The predicted octanol–water partition coefficient (Wildman–Crippen LogP) is 4.95. The first-order valence-electron chi connectivity index (χ1n) is 8.87. The molecule has 2 heteroatoms. The van der Waals surface area contributed by atoms with Gasteiger partial charge in [-0.1, -0.05) is 83.5 Å². The second-order valence-electron chi connectivity index (χ2n) is 9.41. The van der Waals surface area contributed by atoms with Crippen molar-refractivity contribution >= 4 is 11.6 Å². The Hall–Kier alpha value is -1.70. The van der Waals surface area contributed by atoms with Crippen LogP contribution in [0.15, 0.2) is 42.0 Å². The highest BCUT2D eigenvalue weighted by molar-refractivity contribution is 6.43. The van der Waals surface area contributed by atoms with Crippen LogP contribution in [-0.4, -0.2) is 11.6 Å². The van der Waals surface area contributed by atoms with Gasteiger partial charge in [-0.05, 0) is 22.8 Å². The van der Waals surface area contributed by atoms with Crippen LogP contribution in [0, 0.1) is 22.2 Å². The van der Waals surface area contributed by atoms with Gasteiger partial charge in [-0.3, -0.25) is 9.59 Å². The fourth-order valence-electron chi connectivity index (χ4n) is 4.73. The molecule has 3 atom stereocenters. The summed E-state index contributed by atoms with van der Waals surface area (Å²) in [5.41, 5.74) is 1.15. The van der Waals surface area contributed by atoms with Gasteiger partial charge in [0, 0.05) is 11.8 Å². The van der Waals surface area contributed by atoms with Crippen molar-refractivity contribution in [3.05, 3.63) is 47.5 Å². The summed E-state index contributed by atoms with van der Waals surface area (Å²) in [5, 5.41) is 0. The van der Waals surface area contributed by atoms with Crippen molar-refractivity contribution in [2.45, 2.75) is 53.9 Å². The molecule has 1 aromatic carbocycles. The topological polar surface area (TPSA) is 34.1 Å². The van der Waals surface area contributed by atoms with E-state index in [4.69, 9.17) is 0 Å². The summed E-state index contributed by atoms with van der Waals surface area (Å²) in [7, 11) is 0. The molecular weight excluding hydrogens is 296 g/mol. The van der Waals surface area contributed by atoms with E-state index in [1.54, 1.807) is 0 Å². The fraction of sp³-hybridized carbons (Fsp3) is 0.545. The van der Waals surface area contributed by atoms with E-state index in [0.717, 1.165) is 12.0 Å². The minimum atomic E-state index is -0.747. The molecule has 0 heterocycles. The SMILES string of the molecule is CC(C)(C)C1=C[C@@]2(C(C)(C)C)C(=O)C(=O)[C@@H]1C[C@H]2c1ccccc1. The first-order chi connectivity index (χ1) is 11.0. The Labute approximate surface area is 145 Å². The van der Waals surface area contributed by atoms with Crippen LogP contribution in [-0.2, 0) is 9.59 Å². The monoisotopic (exact) mass is 324 g/mol. The molecule has 0 spiro atoms. The zero-order chi connectivity index (χ0) is 17.9. The van der Waals surface area contributed by atoms with Crippen LogP contribution in [0.2, 0.25) is 0 Å². The highest BCUT2D eigenvalue weighted by atomic mass is 16.2. The summed E-state index contributed by atoms with van der Waals surface area (Å²) >= 11 is 0. The van der Waals surface area contributed by atoms with Crippen LogP contribution in [0.1, 0.15) is 59.4 Å². The Balaban J connectivity index is 2.29. The summed E-state index contributed by atoms with van der Waals surface area (Å²) in [5.74, 6) is -0.551. The zero-order valence-corrected chi connectivity index (χ0v) is 15.6. The molecule has 0 unspecified atom stereocenters. The van der Waals surface area contributed by atoms with Crippen molar-refractivity contribution in [2.24, 2.45) is 22.2 Å². The van der Waals surface area contributed by atoms with Crippen LogP contribution in [0.3, 0.4) is 0 Å². The maximum atomic E-state index is 13.2. The molecule has 0 N–H and O–H groups in total. The third-order valence-corrected chi connectivity index (χ3v) is 6.00. The van der Waals surface area contributed by atoms with Crippen molar-refractivity contribution in [1.82, 2.24) is 0 Å². The standard InChI is InChI=1S/C22H28O2/c1-20(2,3)17-13-22(21(4,5)6)16(14-10-8-7-9-11-14)12-15(17)18(23)19(22)24/h7-11,13,15-16H,12H2,1-6H3/t15-,16+,22+/m1/s1. The number of Topliss-reactive ketones (excluding diaryl/α,β-unsaturated/α-hetero) is 2. The molecule has 3 aliphatic carbocycles. The van der Waals surface area contributed by atoms with Gasteiger partial charge in [0.25, 0.3) is 0 Å². The predicted molar refractivity (Wildman–Crippen MR) is 96.7 cm³/mol. The summed E-state index contributed by atoms with van der Waals surface area (Å²) in [4.78, 5) is 26.1. The highest BCUT2D eigenvalue weighted by Crippen LogP contribution is 2.62. The molecule has 0 aliphatic heterocycles. The van der Waals surface area contributed by atoms with Crippen LogP contribution < -0.4 is 0 Å². The maximum absolute atomic E-state index is 13.2. The largest absolute Gasteiger partial charge is 0.290 e. The lowest BCUT2D eigenvalue weighted by Gasteiger charge is -2.56. The van der Waals surface area contributed by atoms with Crippen molar-refractivity contribution in [3.63, 3.8) is 0 Å². The molecular formula is C22H28O2. The van der Waals surface area contributed by atoms with Crippen molar-refractivity contribution in [2.75, 3.05) is 0 Å². The number of fused-ring (bicyclic) bond motifs is 2. The van der Waals surface area contributed by atoms with Gasteiger partial charge in [0.1, 0.15) is 0 Å². The van der Waals surface area contributed by atoms with Crippen molar-refractivity contribution in [1.29, 1.82) is 0 Å². The molecule has 0 aromatic heterocycles. The average Bonchev–Trinajstić information content (AvgIpc) is 2.50. The van der Waals surface area contributed by atoms with E-state index >= 15 is 0 Å². The summed E-state index contributed by atoms with van der Waals surface area (Å²) in [6.45, 7) is 12.7. The number of carbonyl (C=O) groups excluding carboxylic acids is 2. The molecule has 1 saturated carbocycles. The zero-order valence-electron chi connectivity index (χ0n) is 15.6. The molecule has 128 valence electrons. The van der Waals surface area contributed by atoms with Crippen LogP contribution in [0.5, 0.6) is 0 Å². The van der Waals surface area contributed by atoms with Crippen LogP contribution in [0.25, 0.3) is 0 Å². The lowest BCUT2D eigenvalue weighted by atomic mass is 9.44. The lowest BCUT2D eigenvalue weighted by Crippen LogP contribution is -2.59. The van der Waals surface area contributed by atoms with Gasteiger partial charge < -0.3 is 0 Å². The molecule has 3 aliphatic rings. The fourth-order valence-corrected chi connectivity index (χ4v) is 4.73. The van der Waals surface area contributed by atoms with E-state index in [1.807, 2.05) is 18.2 Å². The van der Waals surface area contributed by atoms with Gasteiger partial charge >= 0.3 is 0 Å². The lowest BCUT2D eigenvalue weighted by molar-refractivity contribution is -0.153. The Kier molecular flexibility index (Phi) is 3.67. The Morgan fingerprint density at radius 3 is 2.04 bits per heavy atom. The van der Waals surface area contributed by atoms with Gasteiger partial charge in [0.05, 0.1) is 5.41 Å². The number of allylic oxidation sites excluding steroid dienone is 2. The van der Waals surface area contributed by atoms with Crippen LogP contribution >= 0.6 is 0 Å². The third kappa shape index (κ3) is 2.22. The molecule has 4 rings (SSSR count). The van der Waals surface area contributed by atoms with Gasteiger partial charge in [0.2, 0.25) is 11.6 Å². The molecule has 0 amide bonds. The van der Waals surface area contributed by atoms with E-state index in [0.29, 0.717) is 0 Å². The number of ketones is 2. The Morgan fingerprint density at radius 2 is 1.54 bits per heavy atom. The molecule has 1 fully saturated rings. The maximum Gasteiger partial charge on any atom is 0.210 e. The number of carbonyl (C=O) groups is 2. The number of hydrogen-bond acceptors (Lipinski definition) is 2. The van der Waals surface area contributed by atoms with Gasteiger partial charge in [-0.15, -0.1) is 0 Å². The quantitative estimate of drug-likeness (QED) is 0.541. The summed E-state index contributed by atoms with van der Waals surface area (Å²) < 4.78 is 0. The van der Waals surface area contributed by atoms with Crippen molar-refractivity contribution in [3.8, 4) is 0 Å². The normalized spacial score (nSPS) is 30.5. The Bertz CT molecular complexity index is 713. The minimum absolute atomic E-state index is 0.0694. The van der Waals surface area contributed by atoms with Crippen LogP contribution in [0.4, 0.5) is 0 Å². The Morgan fingerprint density at radius 1 is 0.958 bits per heavy atom. The highest BCUT2D eigenvalue weighted by Gasteiger charge is 2.63. The van der Waals surface area contributed by atoms with Crippen molar-refractivity contribution < 1.29 is 9.59 Å². The average molecular weight is 324 g/mol. The minimum Gasteiger partial charge on any atom is -0.290 e. The van der Waals surface area contributed by atoms with E-state index in [-0.39, 0.29) is 34.2 Å². The second kappa shape index (κ2) is 5.15. The summed E-state index contributed by atoms with van der Waals surface area (Å²) in [6.07, 6.45) is 2.93. The number of rotatable bonds is 1. The molecule has 2 bridgehead atoms. The van der Waals surface area contributed by atoms with Gasteiger partial charge in [-0.2, -0.15) is 0 Å².